The number of allylic oxidation sites excluding steroid dienone is 1. The van der Waals surface area contributed by atoms with Crippen LogP contribution in [0.15, 0.2) is 11.6 Å². The van der Waals surface area contributed by atoms with Crippen molar-refractivity contribution < 1.29 is 0 Å². The van der Waals surface area contributed by atoms with Gasteiger partial charge in [-0.05, 0) is 76.4 Å². The number of nitrogens with one attached hydrogen (secondary N) is 1. The largest absolute Gasteiger partial charge is 0.317 e. The van der Waals surface area contributed by atoms with Crippen molar-refractivity contribution in [2.75, 3.05) is 32.7 Å². The summed E-state index contributed by atoms with van der Waals surface area (Å²) in [6.07, 6.45) is 13.7. The van der Waals surface area contributed by atoms with Crippen LogP contribution in [0.3, 0.4) is 0 Å². The number of hydrogen-bond acceptors (Lipinski definition) is 2. The average Bonchev–Trinajstić information content (AvgIpc) is 2.82. The number of hydrogen-bond donors (Lipinski definition) is 1. The van der Waals surface area contributed by atoms with Crippen LogP contribution < -0.4 is 5.32 Å². The maximum Gasteiger partial charge on any atom is 0.00395 e. The van der Waals surface area contributed by atoms with Crippen LogP contribution in [0.2, 0.25) is 0 Å². The highest BCUT2D eigenvalue weighted by Gasteiger charge is 2.38. The fourth-order valence-corrected chi connectivity index (χ4v) is 4.02. The van der Waals surface area contributed by atoms with Gasteiger partial charge in [-0.15, -0.1) is 0 Å². The smallest absolute Gasteiger partial charge is 0.00395 e. The molecule has 0 amide bonds. The molecule has 1 N–H and O–H groups in total. The van der Waals surface area contributed by atoms with Crippen molar-refractivity contribution in [3.8, 4) is 0 Å². The van der Waals surface area contributed by atoms with Crippen LogP contribution in [0.4, 0.5) is 0 Å². The molecule has 0 aromatic carbocycles. The van der Waals surface area contributed by atoms with Crippen LogP contribution in [0.1, 0.15) is 51.4 Å². The van der Waals surface area contributed by atoms with Gasteiger partial charge in [0.15, 0.2) is 0 Å². The van der Waals surface area contributed by atoms with E-state index in [0.29, 0.717) is 5.41 Å². The maximum absolute atomic E-state index is 3.51. The van der Waals surface area contributed by atoms with E-state index in [9.17, 15) is 0 Å². The first-order valence-corrected chi connectivity index (χ1v) is 7.97. The fourth-order valence-electron chi connectivity index (χ4n) is 4.02. The zero-order valence-electron chi connectivity index (χ0n) is 11.7. The van der Waals surface area contributed by atoms with Crippen LogP contribution in [-0.4, -0.2) is 37.6 Å². The monoisotopic (exact) mass is 248 g/mol. The average molecular weight is 248 g/mol. The van der Waals surface area contributed by atoms with Gasteiger partial charge in [0.2, 0.25) is 0 Å². The van der Waals surface area contributed by atoms with Crippen molar-refractivity contribution in [1.82, 2.24) is 10.2 Å². The van der Waals surface area contributed by atoms with E-state index in [1.54, 1.807) is 5.57 Å². The van der Waals surface area contributed by atoms with E-state index < -0.39 is 0 Å². The molecule has 2 fully saturated rings. The van der Waals surface area contributed by atoms with Gasteiger partial charge >= 0.3 is 0 Å². The first-order chi connectivity index (χ1) is 8.86. The Hall–Kier alpha value is -0.340. The number of likely N-dealkylation sites (tertiary alicyclic amines) is 1. The molecule has 0 bridgehead atoms. The molecule has 102 valence electrons. The van der Waals surface area contributed by atoms with Crippen molar-refractivity contribution in [3.05, 3.63) is 11.6 Å². The second-order valence-electron chi connectivity index (χ2n) is 6.63. The summed E-state index contributed by atoms with van der Waals surface area (Å²) >= 11 is 0. The number of rotatable bonds is 3. The van der Waals surface area contributed by atoms with Gasteiger partial charge in [-0.1, -0.05) is 11.6 Å². The van der Waals surface area contributed by atoms with Crippen molar-refractivity contribution in [2.24, 2.45) is 5.41 Å². The third kappa shape index (κ3) is 2.97. The van der Waals surface area contributed by atoms with E-state index in [4.69, 9.17) is 0 Å². The molecule has 0 atom stereocenters. The van der Waals surface area contributed by atoms with Crippen LogP contribution in [0.5, 0.6) is 0 Å². The third-order valence-corrected chi connectivity index (χ3v) is 5.32. The molecule has 0 aromatic heterocycles. The van der Waals surface area contributed by atoms with E-state index in [1.165, 1.54) is 84.1 Å². The van der Waals surface area contributed by atoms with Gasteiger partial charge in [-0.25, -0.2) is 0 Å². The summed E-state index contributed by atoms with van der Waals surface area (Å²) in [5.74, 6) is 0. The molecule has 2 saturated heterocycles. The van der Waals surface area contributed by atoms with Crippen LogP contribution in [0.25, 0.3) is 0 Å². The topological polar surface area (TPSA) is 15.3 Å². The van der Waals surface area contributed by atoms with Gasteiger partial charge in [0, 0.05) is 13.1 Å². The molecule has 18 heavy (non-hydrogen) atoms. The first kappa shape index (κ1) is 12.7. The van der Waals surface area contributed by atoms with Crippen molar-refractivity contribution in [3.63, 3.8) is 0 Å². The second-order valence-corrected chi connectivity index (χ2v) is 6.63. The van der Waals surface area contributed by atoms with E-state index in [1.807, 2.05) is 0 Å². The third-order valence-electron chi connectivity index (χ3n) is 5.32. The Kier molecular flexibility index (Phi) is 4.05. The Balaban J connectivity index is 1.45. The zero-order valence-corrected chi connectivity index (χ0v) is 11.7. The van der Waals surface area contributed by atoms with Gasteiger partial charge in [0.1, 0.15) is 0 Å². The lowest BCUT2D eigenvalue weighted by atomic mass is 9.78. The van der Waals surface area contributed by atoms with Gasteiger partial charge < -0.3 is 10.2 Å². The summed E-state index contributed by atoms with van der Waals surface area (Å²) in [4.78, 5) is 2.74. The van der Waals surface area contributed by atoms with Crippen molar-refractivity contribution in [1.29, 1.82) is 0 Å². The van der Waals surface area contributed by atoms with E-state index >= 15 is 0 Å². The van der Waals surface area contributed by atoms with Gasteiger partial charge in [-0.2, -0.15) is 0 Å². The van der Waals surface area contributed by atoms with Gasteiger partial charge in [0.05, 0.1) is 0 Å². The highest BCUT2D eigenvalue weighted by molar-refractivity contribution is 5.05. The second kappa shape index (κ2) is 5.75. The molecule has 2 heteroatoms. The standard InChI is InChI=1S/C16H28N2/c1-2-4-15(5-3-1)6-12-18-13-9-16(14-18)7-10-17-11-8-16/h4,17H,1-3,5-14H2. The molecule has 2 nitrogen and oxygen atoms in total. The lowest BCUT2D eigenvalue weighted by molar-refractivity contribution is 0.197. The number of nitrogens with zero attached hydrogens (tertiary/aromatic N) is 1. The van der Waals surface area contributed by atoms with Crippen LogP contribution in [-0.2, 0) is 0 Å². The first-order valence-electron chi connectivity index (χ1n) is 7.97. The Bertz CT molecular complexity index is 302. The summed E-state index contributed by atoms with van der Waals surface area (Å²) < 4.78 is 0. The summed E-state index contributed by atoms with van der Waals surface area (Å²) in [6, 6.07) is 0. The molecular formula is C16H28N2. The maximum atomic E-state index is 3.51. The lowest BCUT2D eigenvalue weighted by Crippen LogP contribution is -2.38. The highest BCUT2D eigenvalue weighted by atomic mass is 15.2. The molecule has 1 aliphatic carbocycles. The Morgan fingerprint density at radius 3 is 2.83 bits per heavy atom. The lowest BCUT2D eigenvalue weighted by Gasteiger charge is -2.34. The minimum Gasteiger partial charge on any atom is -0.317 e. The van der Waals surface area contributed by atoms with E-state index in [2.05, 4.69) is 16.3 Å². The minimum absolute atomic E-state index is 0.687. The summed E-state index contributed by atoms with van der Waals surface area (Å²) in [6.45, 7) is 6.55. The molecule has 0 radical (unpaired) electrons. The quantitative estimate of drug-likeness (QED) is 0.773. The SMILES string of the molecule is C1=C(CCN2CCC3(CCNCC3)C2)CCCC1. The molecule has 1 spiro atoms. The van der Waals surface area contributed by atoms with Crippen molar-refractivity contribution >= 4 is 0 Å². The molecule has 2 heterocycles. The van der Waals surface area contributed by atoms with E-state index in [-0.39, 0.29) is 0 Å². The molecule has 2 aliphatic heterocycles. The highest BCUT2D eigenvalue weighted by Crippen LogP contribution is 2.38. The molecule has 3 aliphatic rings. The fraction of sp³-hybridized carbons (Fsp3) is 0.875. The van der Waals surface area contributed by atoms with E-state index in [0.717, 1.165) is 0 Å². The normalized spacial score (nSPS) is 28.6. The van der Waals surface area contributed by atoms with Gasteiger partial charge in [-0.3, -0.25) is 0 Å². The summed E-state index contributed by atoms with van der Waals surface area (Å²) in [5, 5.41) is 3.51. The molecule has 0 unspecified atom stereocenters. The Morgan fingerprint density at radius 1 is 1.17 bits per heavy atom. The van der Waals surface area contributed by atoms with Crippen LogP contribution >= 0.6 is 0 Å². The molecular weight excluding hydrogens is 220 g/mol. The molecule has 3 rings (SSSR count). The molecule has 0 aromatic rings. The Labute approximate surface area is 112 Å². The summed E-state index contributed by atoms with van der Waals surface area (Å²) in [5.41, 5.74) is 2.43. The van der Waals surface area contributed by atoms with Crippen molar-refractivity contribution in [2.45, 2.75) is 51.4 Å². The Morgan fingerprint density at radius 2 is 2.06 bits per heavy atom. The minimum atomic E-state index is 0.687. The van der Waals surface area contributed by atoms with Gasteiger partial charge in [0.25, 0.3) is 0 Å². The zero-order chi connectivity index (χ0) is 12.3. The number of piperidine rings is 1. The summed E-state index contributed by atoms with van der Waals surface area (Å²) in [7, 11) is 0. The molecule has 0 saturated carbocycles. The predicted molar refractivity (Wildman–Crippen MR) is 76.8 cm³/mol. The van der Waals surface area contributed by atoms with Crippen LogP contribution in [0, 0.1) is 5.41 Å². The predicted octanol–water partition coefficient (Wildman–Crippen LogP) is 2.95.